The summed E-state index contributed by atoms with van der Waals surface area (Å²) in [6, 6.07) is 7.14. The van der Waals surface area contributed by atoms with Gasteiger partial charge in [-0.2, -0.15) is 0 Å². The molecule has 2 N–H and O–H groups in total. The molecule has 1 saturated heterocycles. The number of benzene rings is 1. The average Bonchev–Trinajstić information content (AvgIpc) is 2.66. The summed E-state index contributed by atoms with van der Waals surface area (Å²) in [7, 11) is 0. The summed E-state index contributed by atoms with van der Waals surface area (Å²) >= 11 is 0. The SMILES string of the molecule is CCCN(CC(=O)O)CC(=O)NCc1ccc(C(=O)N2CCOCC2)cc1.Cl. The normalized spacial score (nSPS) is 13.7. The van der Waals surface area contributed by atoms with Gasteiger partial charge in [-0.05, 0) is 30.7 Å². The van der Waals surface area contributed by atoms with Gasteiger partial charge >= 0.3 is 5.97 Å². The summed E-state index contributed by atoms with van der Waals surface area (Å²) in [5.74, 6) is -1.19. The first-order valence-corrected chi connectivity index (χ1v) is 9.16. The zero-order valence-corrected chi connectivity index (χ0v) is 16.9. The lowest BCUT2D eigenvalue weighted by molar-refractivity contribution is -0.138. The van der Waals surface area contributed by atoms with Gasteiger partial charge in [-0.1, -0.05) is 19.1 Å². The van der Waals surface area contributed by atoms with Crippen LogP contribution in [0.5, 0.6) is 0 Å². The number of ether oxygens (including phenoxy) is 1. The molecule has 0 bridgehead atoms. The van der Waals surface area contributed by atoms with Gasteiger partial charge in [0.25, 0.3) is 5.91 Å². The molecule has 2 amide bonds. The van der Waals surface area contributed by atoms with E-state index in [2.05, 4.69) is 5.32 Å². The van der Waals surface area contributed by atoms with Crippen molar-refractivity contribution in [1.82, 2.24) is 15.1 Å². The fraction of sp³-hybridized carbons (Fsp3) is 0.526. The van der Waals surface area contributed by atoms with E-state index in [4.69, 9.17) is 9.84 Å². The number of nitrogens with one attached hydrogen (secondary N) is 1. The van der Waals surface area contributed by atoms with E-state index >= 15 is 0 Å². The van der Waals surface area contributed by atoms with E-state index in [0.717, 1.165) is 12.0 Å². The summed E-state index contributed by atoms with van der Waals surface area (Å²) in [5.41, 5.74) is 1.49. The molecule has 0 saturated carbocycles. The average molecular weight is 414 g/mol. The lowest BCUT2D eigenvalue weighted by atomic mass is 10.1. The predicted molar refractivity (Wildman–Crippen MR) is 107 cm³/mol. The number of aliphatic carboxylic acids is 1. The highest BCUT2D eigenvalue weighted by molar-refractivity contribution is 5.94. The third-order valence-electron chi connectivity index (χ3n) is 4.25. The highest BCUT2D eigenvalue weighted by atomic mass is 35.5. The Morgan fingerprint density at radius 2 is 1.79 bits per heavy atom. The Morgan fingerprint density at radius 3 is 2.36 bits per heavy atom. The largest absolute Gasteiger partial charge is 0.480 e. The molecular formula is C19H28ClN3O5. The summed E-state index contributed by atoms with van der Waals surface area (Å²) in [4.78, 5) is 38.6. The lowest BCUT2D eigenvalue weighted by Crippen LogP contribution is -2.40. The number of hydrogen-bond acceptors (Lipinski definition) is 5. The first kappa shape index (κ1) is 23.9. The van der Waals surface area contributed by atoms with Crippen LogP contribution in [0.3, 0.4) is 0 Å². The van der Waals surface area contributed by atoms with Gasteiger partial charge in [-0.25, -0.2) is 0 Å². The van der Waals surface area contributed by atoms with Crippen LogP contribution in [0.15, 0.2) is 24.3 Å². The number of carbonyl (C=O) groups excluding carboxylic acids is 2. The number of morpholine rings is 1. The van der Waals surface area contributed by atoms with Crippen molar-refractivity contribution in [2.75, 3.05) is 45.9 Å². The van der Waals surface area contributed by atoms with Crippen molar-refractivity contribution in [3.63, 3.8) is 0 Å². The lowest BCUT2D eigenvalue weighted by Gasteiger charge is -2.26. The van der Waals surface area contributed by atoms with Crippen molar-refractivity contribution < 1.29 is 24.2 Å². The van der Waals surface area contributed by atoms with Crippen LogP contribution in [-0.2, 0) is 20.9 Å². The summed E-state index contributed by atoms with van der Waals surface area (Å²) in [6.07, 6.45) is 0.777. The van der Waals surface area contributed by atoms with Crippen LogP contribution >= 0.6 is 12.4 Å². The molecule has 1 fully saturated rings. The molecule has 1 heterocycles. The van der Waals surface area contributed by atoms with Gasteiger partial charge in [0.05, 0.1) is 26.3 Å². The standard InChI is InChI=1S/C19H27N3O5.ClH/c1-2-7-21(14-18(24)25)13-17(23)20-12-15-3-5-16(6-4-15)19(26)22-8-10-27-11-9-22;/h3-6H,2,7-14H2,1H3,(H,20,23)(H,24,25);1H. The summed E-state index contributed by atoms with van der Waals surface area (Å²) in [6.45, 7) is 5.04. The summed E-state index contributed by atoms with van der Waals surface area (Å²) in [5, 5.41) is 11.7. The van der Waals surface area contributed by atoms with Crippen LogP contribution in [0.25, 0.3) is 0 Å². The molecule has 2 rings (SSSR count). The van der Waals surface area contributed by atoms with Crippen LogP contribution in [-0.4, -0.2) is 78.6 Å². The second-order valence-electron chi connectivity index (χ2n) is 6.48. The Morgan fingerprint density at radius 1 is 1.14 bits per heavy atom. The zero-order chi connectivity index (χ0) is 19.6. The van der Waals surface area contributed by atoms with Gasteiger partial charge in [0.1, 0.15) is 0 Å². The van der Waals surface area contributed by atoms with Crippen LogP contribution in [0.2, 0.25) is 0 Å². The van der Waals surface area contributed by atoms with Crippen LogP contribution < -0.4 is 5.32 Å². The predicted octanol–water partition coefficient (Wildman–Crippen LogP) is 0.994. The molecule has 156 valence electrons. The highest BCUT2D eigenvalue weighted by Crippen LogP contribution is 2.09. The van der Waals surface area contributed by atoms with Gasteiger partial charge in [-0.3, -0.25) is 19.3 Å². The zero-order valence-electron chi connectivity index (χ0n) is 16.1. The number of nitrogens with zero attached hydrogens (tertiary/aromatic N) is 2. The molecule has 9 heteroatoms. The maximum absolute atomic E-state index is 12.4. The second-order valence-corrected chi connectivity index (χ2v) is 6.48. The van der Waals surface area contributed by atoms with Gasteiger partial charge in [0.15, 0.2) is 0 Å². The van der Waals surface area contributed by atoms with Crippen LogP contribution in [0.4, 0.5) is 0 Å². The van der Waals surface area contributed by atoms with Gasteiger partial charge < -0.3 is 20.1 Å². The Kier molecular flexibility index (Phi) is 10.5. The van der Waals surface area contributed by atoms with Crippen molar-refractivity contribution in [2.45, 2.75) is 19.9 Å². The molecular weight excluding hydrogens is 386 g/mol. The number of halogens is 1. The van der Waals surface area contributed by atoms with Crippen LogP contribution in [0.1, 0.15) is 29.3 Å². The molecule has 0 radical (unpaired) electrons. The van der Waals surface area contributed by atoms with E-state index in [0.29, 0.717) is 45.0 Å². The van der Waals surface area contributed by atoms with Crippen LogP contribution in [0, 0.1) is 0 Å². The summed E-state index contributed by atoms with van der Waals surface area (Å²) < 4.78 is 5.25. The third kappa shape index (κ3) is 7.84. The molecule has 8 nitrogen and oxygen atoms in total. The fourth-order valence-electron chi connectivity index (χ4n) is 2.90. The minimum atomic E-state index is -0.947. The van der Waals surface area contributed by atoms with Gasteiger partial charge in [0.2, 0.25) is 5.91 Å². The Hall–Kier alpha value is -2.16. The first-order valence-electron chi connectivity index (χ1n) is 9.16. The topological polar surface area (TPSA) is 99.2 Å². The number of carboxylic acid groups (broad SMARTS) is 1. The smallest absolute Gasteiger partial charge is 0.317 e. The van der Waals surface area contributed by atoms with Crippen molar-refractivity contribution in [3.05, 3.63) is 35.4 Å². The number of rotatable bonds is 9. The molecule has 1 aliphatic heterocycles. The van der Waals surface area contributed by atoms with E-state index in [1.54, 1.807) is 21.9 Å². The molecule has 0 aliphatic carbocycles. The van der Waals surface area contributed by atoms with Gasteiger partial charge in [-0.15, -0.1) is 12.4 Å². The van der Waals surface area contributed by atoms with E-state index in [1.165, 1.54) is 0 Å². The quantitative estimate of drug-likeness (QED) is 0.626. The van der Waals surface area contributed by atoms with E-state index in [-0.39, 0.29) is 37.3 Å². The van der Waals surface area contributed by atoms with Crippen molar-refractivity contribution in [1.29, 1.82) is 0 Å². The molecule has 0 aromatic heterocycles. The van der Waals surface area contributed by atoms with E-state index < -0.39 is 5.97 Å². The molecule has 1 aromatic rings. The Labute approximate surface area is 171 Å². The second kappa shape index (κ2) is 12.3. The van der Waals surface area contributed by atoms with Crippen molar-refractivity contribution in [2.24, 2.45) is 0 Å². The minimum absolute atomic E-state index is 0. The maximum Gasteiger partial charge on any atom is 0.317 e. The third-order valence-corrected chi connectivity index (χ3v) is 4.25. The Balaban J connectivity index is 0.00000392. The minimum Gasteiger partial charge on any atom is -0.480 e. The molecule has 28 heavy (non-hydrogen) atoms. The fourth-order valence-corrected chi connectivity index (χ4v) is 2.90. The number of carboxylic acids is 1. The molecule has 1 aliphatic rings. The Bertz CT molecular complexity index is 647. The molecule has 0 unspecified atom stereocenters. The van der Waals surface area contributed by atoms with Crippen molar-refractivity contribution in [3.8, 4) is 0 Å². The molecule has 0 atom stereocenters. The maximum atomic E-state index is 12.4. The van der Waals surface area contributed by atoms with Crippen molar-refractivity contribution >= 4 is 30.2 Å². The number of amides is 2. The highest BCUT2D eigenvalue weighted by Gasteiger charge is 2.18. The first-order chi connectivity index (χ1) is 13.0. The van der Waals surface area contributed by atoms with E-state index in [1.807, 2.05) is 19.1 Å². The monoisotopic (exact) mass is 413 g/mol. The van der Waals surface area contributed by atoms with Gasteiger partial charge in [0, 0.05) is 25.2 Å². The molecule has 1 aromatic carbocycles. The molecule has 0 spiro atoms. The number of carbonyl (C=O) groups is 3. The van der Waals surface area contributed by atoms with E-state index in [9.17, 15) is 14.4 Å². The number of hydrogen-bond donors (Lipinski definition) is 2.